The molecule has 112 valence electrons. The van der Waals surface area contributed by atoms with Crippen molar-refractivity contribution in [2.45, 2.75) is 38.6 Å². The average molecular weight is 269 g/mol. The minimum atomic E-state index is 0.185. The summed E-state index contributed by atoms with van der Waals surface area (Å²) >= 11 is 0. The van der Waals surface area contributed by atoms with E-state index in [1.54, 1.807) is 6.92 Å². The number of carbonyl (C=O) groups is 1. The Morgan fingerprint density at radius 2 is 1.58 bits per heavy atom. The van der Waals surface area contributed by atoms with Crippen LogP contribution in [0.4, 0.5) is 0 Å². The second-order valence-electron chi connectivity index (χ2n) is 6.36. The largest absolute Gasteiger partial charge is 0.346 e. The van der Waals surface area contributed by atoms with Gasteiger partial charge in [0.15, 0.2) is 0 Å². The minimum absolute atomic E-state index is 0.185. The first-order chi connectivity index (χ1) is 8.90. The van der Waals surface area contributed by atoms with Gasteiger partial charge in [-0.05, 0) is 52.7 Å². The van der Waals surface area contributed by atoms with Crippen LogP contribution in [0.5, 0.6) is 0 Å². The van der Waals surface area contributed by atoms with Crippen LogP contribution in [0.15, 0.2) is 0 Å². The number of amides is 1. The molecule has 1 amide bonds. The van der Waals surface area contributed by atoms with E-state index in [2.05, 4.69) is 30.9 Å². The maximum Gasteiger partial charge on any atom is 0.219 e. The lowest BCUT2D eigenvalue weighted by molar-refractivity contribution is -0.128. The van der Waals surface area contributed by atoms with E-state index >= 15 is 0 Å². The van der Waals surface area contributed by atoms with Gasteiger partial charge in [0, 0.05) is 39.6 Å². The van der Waals surface area contributed by atoms with E-state index in [9.17, 15) is 4.79 Å². The lowest BCUT2D eigenvalue weighted by Gasteiger charge is -2.36. The van der Waals surface area contributed by atoms with Crippen molar-refractivity contribution >= 4 is 5.91 Å². The highest BCUT2D eigenvalue weighted by molar-refractivity contribution is 5.72. The molecule has 0 aromatic rings. The van der Waals surface area contributed by atoms with E-state index in [0.717, 1.165) is 25.7 Å². The van der Waals surface area contributed by atoms with Crippen molar-refractivity contribution < 1.29 is 4.79 Å². The summed E-state index contributed by atoms with van der Waals surface area (Å²) < 4.78 is 0. The molecule has 0 bridgehead atoms. The van der Waals surface area contributed by atoms with E-state index in [4.69, 9.17) is 0 Å². The van der Waals surface area contributed by atoms with E-state index in [1.165, 1.54) is 25.7 Å². The first-order valence-corrected chi connectivity index (χ1v) is 7.46. The molecule has 4 nitrogen and oxygen atoms in total. The van der Waals surface area contributed by atoms with Crippen molar-refractivity contribution in [2.75, 3.05) is 47.8 Å². The van der Waals surface area contributed by atoms with Crippen LogP contribution in [0.1, 0.15) is 32.6 Å². The highest BCUT2D eigenvalue weighted by Gasteiger charge is 2.24. The smallest absolute Gasteiger partial charge is 0.219 e. The molecule has 0 atom stereocenters. The summed E-state index contributed by atoms with van der Waals surface area (Å²) in [7, 11) is 8.42. The highest BCUT2D eigenvalue weighted by atomic mass is 16.2. The Bertz CT molecular complexity index is 273. The predicted molar refractivity (Wildman–Crippen MR) is 80.2 cm³/mol. The van der Waals surface area contributed by atoms with E-state index in [0.29, 0.717) is 5.92 Å². The van der Waals surface area contributed by atoms with Crippen molar-refractivity contribution in [3.05, 3.63) is 0 Å². The van der Waals surface area contributed by atoms with Gasteiger partial charge in [0.05, 0.1) is 0 Å². The molecular weight excluding hydrogens is 238 g/mol. The Morgan fingerprint density at radius 3 is 2.05 bits per heavy atom. The van der Waals surface area contributed by atoms with Crippen molar-refractivity contribution in [1.82, 2.24) is 14.7 Å². The van der Waals surface area contributed by atoms with Gasteiger partial charge in [-0.1, -0.05) is 0 Å². The first kappa shape index (κ1) is 16.4. The first-order valence-electron chi connectivity index (χ1n) is 7.46. The van der Waals surface area contributed by atoms with Gasteiger partial charge in [0.1, 0.15) is 0 Å². The summed E-state index contributed by atoms with van der Waals surface area (Å²) in [6, 6.07) is 0.735. The van der Waals surface area contributed by atoms with Crippen LogP contribution in [-0.2, 0) is 4.79 Å². The second-order valence-corrected chi connectivity index (χ2v) is 6.36. The van der Waals surface area contributed by atoms with Crippen LogP contribution in [-0.4, -0.2) is 74.5 Å². The molecule has 0 aromatic heterocycles. The van der Waals surface area contributed by atoms with Gasteiger partial charge in [-0.15, -0.1) is 0 Å². The zero-order valence-electron chi connectivity index (χ0n) is 13.4. The zero-order valence-corrected chi connectivity index (χ0v) is 13.4. The molecule has 0 N–H and O–H groups in total. The van der Waals surface area contributed by atoms with Gasteiger partial charge in [-0.25, -0.2) is 0 Å². The summed E-state index contributed by atoms with van der Waals surface area (Å²) in [5.41, 5.74) is 0. The van der Waals surface area contributed by atoms with Crippen molar-refractivity contribution in [3.63, 3.8) is 0 Å². The standard InChI is InChI=1S/C15H31N3O/c1-13(19)18(5)12-14-6-8-15(9-7-14)17(4)11-10-16(2)3/h14-15H,6-12H2,1-5H3/t14-,15+. The summed E-state index contributed by atoms with van der Waals surface area (Å²) in [5, 5.41) is 0. The Labute approximate surface area is 118 Å². The molecule has 0 unspecified atom stereocenters. The maximum absolute atomic E-state index is 11.3. The fraction of sp³-hybridized carbons (Fsp3) is 0.933. The van der Waals surface area contributed by atoms with Gasteiger partial charge in [-0.2, -0.15) is 0 Å². The Morgan fingerprint density at radius 1 is 1.00 bits per heavy atom. The van der Waals surface area contributed by atoms with Crippen LogP contribution < -0.4 is 0 Å². The summed E-state index contributed by atoms with van der Waals surface area (Å²) in [6.45, 7) is 4.86. The fourth-order valence-corrected chi connectivity index (χ4v) is 2.82. The topological polar surface area (TPSA) is 26.8 Å². The number of hydrogen-bond donors (Lipinski definition) is 0. The van der Waals surface area contributed by atoms with Gasteiger partial charge >= 0.3 is 0 Å². The van der Waals surface area contributed by atoms with Gasteiger partial charge in [0.25, 0.3) is 0 Å². The number of rotatable bonds is 6. The van der Waals surface area contributed by atoms with Gasteiger partial charge < -0.3 is 14.7 Å². The molecule has 1 aliphatic carbocycles. The molecule has 0 spiro atoms. The lowest BCUT2D eigenvalue weighted by atomic mass is 9.85. The maximum atomic E-state index is 11.3. The molecule has 0 aliphatic heterocycles. The quantitative estimate of drug-likeness (QED) is 0.731. The third-order valence-corrected chi connectivity index (χ3v) is 4.41. The minimum Gasteiger partial charge on any atom is -0.346 e. The third kappa shape index (κ3) is 5.91. The molecule has 1 fully saturated rings. The Kier molecular flexibility index (Phi) is 6.80. The molecule has 4 heteroatoms. The van der Waals surface area contributed by atoms with Crippen molar-refractivity contribution in [1.29, 1.82) is 0 Å². The SMILES string of the molecule is CC(=O)N(C)C[C@H]1CC[C@@H](N(C)CCN(C)C)CC1. The van der Waals surface area contributed by atoms with E-state index < -0.39 is 0 Å². The van der Waals surface area contributed by atoms with Crippen LogP contribution in [0, 0.1) is 5.92 Å². The van der Waals surface area contributed by atoms with Crippen LogP contribution in [0.25, 0.3) is 0 Å². The van der Waals surface area contributed by atoms with Gasteiger partial charge in [0.2, 0.25) is 5.91 Å². The Balaban J connectivity index is 2.26. The fourth-order valence-electron chi connectivity index (χ4n) is 2.82. The third-order valence-electron chi connectivity index (χ3n) is 4.41. The van der Waals surface area contributed by atoms with Gasteiger partial charge in [-0.3, -0.25) is 4.79 Å². The van der Waals surface area contributed by atoms with Crippen LogP contribution in [0.3, 0.4) is 0 Å². The predicted octanol–water partition coefficient (Wildman–Crippen LogP) is 1.52. The van der Waals surface area contributed by atoms with Crippen molar-refractivity contribution in [3.8, 4) is 0 Å². The van der Waals surface area contributed by atoms with Crippen molar-refractivity contribution in [2.24, 2.45) is 5.92 Å². The molecule has 0 heterocycles. The second kappa shape index (κ2) is 7.85. The van der Waals surface area contributed by atoms with Crippen LogP contribution >= 0.6 is 0 Å². The molecule has 1 aliphatic rings. The monoisotopic (exact) mass is 269 g/mol. The number of carbonyl (C=O) groups excluding carboxylic acids is 1. The summed E-state index contributed by atoms with van der Waals surface area (Å²) in [4.78, 5) is 17.9. The van der Waals surface area contributed by atoms with E-state index in [1.807, 2.05) is 11.9 Å². The highest BCUT2D eigenvalue weighted by Crippen LogP contribution is 2.27. The zero-order chi connectivity index (χ0) is 14.4. The summed E-state index contributed by atoms with van der Waals surface area (Å²) in [5.74, 6) is 0.887. The van der Waals surface area contributed by atoms with Crippen LogP contribution in [0.2, 0.25) is 0 Å². The average Bonchev–Trinajstić information content (AvgIpc) is 2.36. The Hall–Kier alpha value is -0.610. The number of likely N-dealkylation sites (N-methyl/N-ethyl adjacent to an activating group) is 2. The summed E-state index contributed by atoms with van der Waals surface area (Å²) in [6.07, 6.45) is 5.07. The molecule has 0 aromatic carbocycles. The molecular formula is C15H31N3O. The number of nitrogens with zero attached hydrogens (tertiary/aromatic N) is 3. The normalized spacial score (nSPS) is 23.9. The lowest BCUT2D eigenvalue weighted by Crippen LogP contribution is -2.40. The molecule has 0 saturated heterocycles. The molecule has 1 rings (SSSR count). The number of hydrogen-bond acceptors (Lipinski definition) is 3. The van der Waals surface area contributed by atoms with E-state index in [-0.39, 0.29) is 5.91 Å². The molecule has 1 saturated carbocycles. The molecule has 0 radical (unpaired) electrons. The molecule has 19 heavy (non-hydrogen) atoms.